The molecule has 1 aromatic carbocycles. The normalized spacial score (nSPS) is 11.3. The van der Waals surface area contributed by atoms with Crippen molar-refractivity contribution in [2.45, 2.75) is 0 Å². The van der Waals surface area contributed by atoms with Gasteiger partial charge in [0.15, 0.2) is 17.3 Å². The van der Waals surface area contributed by atoms with E-state index in [2.05, 4.69) is 50.1 Å². The van der Waals surface area contributed by atoms with Gasteiger partial charge in [0.1, 0.15) is 0 Å². The molecule has 0 saturated carbocycles. The van der Waals surface area contributed by atoms with Crippen molar-refractivity contribution in [3.8, 4) is 51.4 Å². The molecule has 6 heteroatoms. The van der Waals surface area contributed by atoms with Gasteiger partial charge in [0.25, 0.3) is 0 Å². The SMILES string of the molecule is c1coc(-c2cccn2-c2cc(-n3cccc3-c3ccco3)cc(-n3cccc3-c3ccco3)c2)c1. The first-order chi connectivity index (χ1) is 17.8. The number of aromatic nitrogens is 3. The third-order valence-electron chi connectivity index (χ3n) is 6.29. The average Bonchev–Trinajstić information content (AvgIpc) is 3.76. The summed E-state index contributed by atoms with van der Waals surface area (Å²) in [4.78, 5) is 0. The summed E-state index contributed by atoms with van der Waals surface area (Å²) >= 11 is 0. The smallest absolute Gasteiger partial charge is 0.150 e. The monoisotopic (exact) mass is 471 g/mol. The molecule has 0 unspecified atom stereocenters. The largest absolute Gasteiger partial charge is 0.463 e. The maximum Gasteiger partial charge on any atom is 0.150 e. The van der Waals surface area contributed by atoms with Crippen LogP contribution in [0.4, 0.5) is 0 Å². The van der Waals surface area contributed by atoms with Gasteiger partial charge in [-0.1, -0.05) is 0 Å². The van der Waals surface area contributed by atoms with Gasteiger partial charge in [0.05, 0.1) is 35.9 Å². The Bertz CT molecular complexity index is 1510. The number of furan rings is 3. The Morgan fingerprint density at radius 1 is 0.389 bits per heavy atom. The highest BCUT2D eigenvalue weighted by Crippen LogP contribution is 2.32. The maximum absolute atomic E-state index is 5.73. The van der Waals surface area contributed by atoms with Crippen molar-refractivity contribution in [3.63, 3.8) is 0 Å². The summed E-state index contributed by atoms with van der Waals surface area (Å²) < 4.78 is 23.6. The molecule has 0 aliphatic carbocycles. The van der Waals surface area contributed by atoms with Crippen molar-refractivity contribution in [2.24, 2.45) is 0 Å². The van der Waals surface area contributed by atoms with Crippen LogP contribution in [-0.4, -0.2) is 13.7 Å². The fraction of sp³-hybridized carbons (Fsp3) is 0. The lowest BCUT2D eigenvalue weighted by atomic mass is 10.2. The lowest BCUT2D eigenvalue weighted by molar-refractivity contribution is 0.578. The van der Waals surface area contributed by atoms with Gasteiger partial charge in [-0.25, -0.2) is 0 Å². The van der Waals surface area contributed by atoms with Gasteiger partial charge in [-0.3, -0.25) is 0 Å². The molecule has 0 aliphatic heterocycles. The van der Waals surface area contributed by atoms with E-state index in [9.17, 15) is 0 Å². The van der Waals surface area contributed by atoms with Crippen molar-refractivity contribution < 1.29 is 13.3 Å². The van der Waals surface area contributed by atoms with Crippen molar-refractivity contribution in [1.82, 2.24) is 13.7 Å². The summed E-state index contributed by atoms with van der Waals surface area (Å²) in [6, 6.07) is 30.4. The molecule has 36 heavy (non-hydrogen) atoms. The molecule has 0 aliphatic rings. The Morgan fingerprint density at radius 2 is 0.722 bits per heavy atom. The summed E-state index contributed by atoms with van der Waals surface area (Å²) in [5.74, 6) is 2.42. The van der Waals surface area contributed by atoms with Crippen LogP contribution in [0.1, 0.15) is 0 Å². The van der Waals surface area contributed by atoms with E-state index >= 15 is 0 Å². The lowest BCUT2D eigenvalue weighted by Crippen LogP contribution is -2.03. The van der Waals surface area contributed by atoms with Gasteiger partial charge in [0.2, 0.25) is 0 Å². The Kier molecular flexibility index (Phi) is 4.67. The minimum atomic E-state index is 0.807. The summed E-state index contributed by atoms with van der Waals surface area (Å²) in [6.07, 6.45) is 11.2. The third-order valence-corrected chi connectivity index (χ3v) is 6.29. The topological polar surface area (TPSA) is 54.2 Å². The van der Waals surface area contributed by atoms with Crippen LogP contribution in [0.3, 0.4) is 0 Å². The Labute approximate surface area is 206 Å². The number of nitrogens with zero attached hydrogens (tertiary/aromatic N) is 3. The number of hydrogen-bond acceptors (Lipinski definition) is 3. The zero-order valence-electron chi connectivity index (χ0n) is 19.2. The van der Waals surface area contributed by atoms with Crippen LogP contribution in [0.15, 0.2) is 142 Å². The quantitative estimate of drug-likeness (QED) is 0.248. The third kappa shape index (κ3) is 3.35. The molecular weight excluding hydrogens is 450 g/mol. The fourth-order valence-corrected chi connectivity index (χ4v) is 4.69. The van der Waals surface area contributed by atoms with Gasteiger partial charge in [-0.2, -0.15) is 0 Å². The Hall–Kier alpha value is -5.10. The van der Waals surface area contributed by atoms with Gasteiger partial charge >= 0.3 is 0 Å². The van der Waals surface area contributed by atoms with Crippen LogP contribution < -0.4 is 0 Å². The van der Waals surface area contributed by atoms with Crippen molar-refractivity contribution in [2.75, 3.05) is 0 Å². The van der Waals surface area contributed by atoms with Crippen LogP contribution in [0.5, 0.6) is 0 Å². The molecule has 6 nitrogen and oxygen atoms in total. The van der Waals surface area contributed by atoms with E-state index < -0.39 is 0 Å². The molecule has 6 aromatic heterocycles. The molecule has 0 saturated heterocycles. The summed E-state index contributed by atoms with van der Waals surface area (Å²) in [6.45, 7) is 0. The number of hydrogen-bond donors (Lipinski definition) is 0. The van der Waals surface area contributed by atoms with Crippen LogP contribution in [0.25, 0.3) is 51.4 Å². The molecule has 0 atom stereocenters. The van der Waals surface area contributed by atoms with Crippen LogP contribution in [-0.2, 0) is 0 Å². The molecule has 0 spiro atoms. The summed E-state index contributed by atoms with van der Waals surface area (Å²) in [7, 11) is 0. The fourth-order valence-electron chi connectivity index (χ4n) is 4.69. The molecule has 6 heterocycles. The molecule has 0 fully saturated rings. The van der Waals surface area contributed by atoms with Gasteiger partial charge in [0, 0.05) is 35.7 Å². The van der Waals surface area contributed by atoms with Crippen molar-refractivity contribution in [1.29, 1.82) is 0 Å². The molecule has 0 radical (unpaired) electrons. The standard InChI is InChI=1S/C30H21N3O3/c1-7-25(28-10-4-16-34-28)31(13-1)22-19-23(32-14-2-8-26(32)29-11-5-17-35-29)21-24(20-22)33-15-3-9-27(33)30-12-6-18-36-30/h1-21H. The zero-order valence-corrected chi connectivity index (χ0v) is 19.2. The van der Waals surface area contributed by atoms with E-state index in [0.717, 1.165) is 51.4 Å². The second kappa shape index (κ2) is 8.29. The van der Waals surface area contributed by atoms with Gasteiger partial charge in [-0.15, -0.1) is 0 Å². The van der Waals surface area contributed by atoms with Gasteiger partial charge < -0.3 is 27.0 Å². The van der Waals surface area contributed by atoms with Crippen LogP contribution in [0.2, 0.25) is 0 Å². The van der Waals surface area contributed by atoms with E-state index in [0.29, 0.717) is 0 Å². The Balaban J connectivity index is 1.45. The highest BCUT2D eigenvalue weighted by Gasteiger charge is 2.16. The van der Waals surface area contributed by atoms with E-state index in [1.165, 1.54) is 0 Å². The number of rotatable bonds is 6. The van der Waals surface area contributed by atoms with Crippen molar-refractivity contribution in [3.05, 3.63) is 128 Å². The van der Waals surface area contributed by atoms with E-state index in [1.807, 2.05) is 73.2 Å². The molecular formula is C30H21N3O3. The Morgan fingerprint density at radius 3 is 1.00 bits per heavy atom. The highest BCUT2D eigenvalue weighted by molar-refractivity contribution is 5.66. The second-order valence-corrected chi connectivity index (χ2v) is 8.43. The predicted octanol–water partition coefficient (Wildman–Crippen LogP) is 7.84. The average molecular weight is 472 g/mol. The van der Waals surface area contributed by atoms with Crippen molar-refractivity contribution >= 4 is 0 Å². The van der Waals surface area contributed by atoms with E-state index in [1.54, 1.807) is 18.8 Å². The second-order valence-electron chi connectivity index (χ2n) is 8.43. The molecule has 0 N–H and O–H groups in total. The van der Waals surface area contributed by atoms with E-state index in [4.69, 9.17) is 13.3 Å². The molecule has 7 rings (SSSR count). The van der Waals surface area contributed by atoms with Crippen LogP contribution in [0, 0.1) is 0 Å². The number of benzene rings is 1. The van der Waals surface area contributed by atoms with Gasteiger partial charge in [-0.05, 0) is 91.0 Å². The van der Waals surface area contributed by atoms with Crippen LogP contribution >= 0.6 is 0 Å². The molecule has 0 bridgehead atoms. The maximum atomic E-state index is 5.73. The minimum Gasteiger partial charge on any atom is -0.463 e. The first-order valence-corrected chi connectivity index (χ1v) is 11.6. The highest BCUT2D eigenvalue weighted by atomic mass is 16.3. The summed E-state index contributed by atoms with van der Waals surface area (Å²) in [5.41, 5.74) is 5.91. The minimum absolute atomic E-state index is 0.807. The zero-order chi connectivity index (χ0) is 23.9. The summed E-state index contributed by atoms with van der Waals surface area (Å²) in [5, 5.41) is 0. The first-order valence-electron chi connectivity index (χ1n) is 11.6. The first kappa shape index (κ1) is 20.3. The molecule has 0 amide bonds. The molecule has 174 valence electrons. The van der Waals surface area contributed by atoms with E-state index in [-0.39, 0.29) is 0 Å². The lowest BCUT2D eigenvalue weighted by Gasteiger charge is -2.17. The predicted molar refractivity (Wildman–Crippen MR) is 138 cm³/mol. The molecule has 7 aromatic rings.